The maximum absolute atomic E-state index is 11.8. The van der Waals surface area contributed by atoms with Gasteiger partial charge in [-0.15, -0.1) is 0 Å². The van der Waals surface area contributed by atoms with E-state index in [4.69, 9.17) is 10.5 Å². The van der Waals surface area contributed by atoms with Crippen molar-refractivity contribution >= 4 is 29.3 Å². The number of ether oxygens (including phenoxy) is 1. The van der Waals surface area contributed by atoms with Gasteiger partial charge in [-0.2, -0.15) is 11.8 Å². The van der Waals surface area contributed by atoms with Crippen LogP contribution in [0.5, 0.6) is 0 Å². The summed E-state index contributed by atoms with van der Waals surface area (Å²) in [5.41, 5.74) is 6.41. The molecule has 0 aliphatic heterocycles. The largest absolute Gasteiger partial charge is 0.462 e. The molecule has 0 spiro atoms. The summed E-state index contributed by atoms with van der Waals surface area (Å²) in [6.07, 6.45) is 1.82. The first-order valence-electron chi connectivity index (χ1n) is 7.02. The maximum Gasteiger partial charge on any atom is 0.338 e. The second-order valence-electron chi connectivity index (χ2n) is 4.46. The zero-order valence-electron chi connectivity index (χ0n) is 12.3. The molecule has 3 N–H and O–H groups in total. The molecular formula is C15H22N2O3S. The average molecular weight is 310 g/mol. The summed E-state index contributed by atoms with van der Waals surface area (Å²) in [5, 5.41) is 2.75. The molecule has 1 aromatic rings. The molecule has 0 unspecified atom stereocenters. The van der Waals surface area contributed by atoms with Crippen LogP contribution in [-0.2, 0) is 9.53 Å². The number of hydrogen-bond acceptors (Lipinski definition) is 5. The number of anilines is 1. The van der Waals surface area contributed by atoms with Crippen molar-refractivity contribution < 1.29 is 14.3 Å². The Morgan fingerprint density at radius 3 is 2.90 bits per heavy atom. The number of nitrogens with one attached hydrogen (secondary N) is 1. The van der Waals surface area contributed by atoms with Crippen LogP contribution < -0.4 is 11.1 Å². The summed E-state index contributed by atoms with van der Waals surface area (Å²) < 4.78 is 5.14. The van der Waals surface area contributed by atoms with Crippen LogP contribution in [0.25, 0.3) is 0 Å². The first-order chi connectivity index (χ1) is 10.2. The summed E-state index contributed by atoms with van der Waals surface area (Å²) in [7, 11) is 0. The Hall–Kier alpha value is -1.53. The summed E-state index contributed by atoms with van der Waals surface area (Å²) in [5.74, 6) is 0.626. The molecule has 0 saturated carbocycles. The number of benzene rings is 1. The van der Waals surface area contributed by atoms with Gasteiger partial charge in [0, 0.05) is 18.0 Å². The average Bonchev–Trinajstić information content (AvgIpc) is 2.48. The van der Waals surface area contributed by atoms with Crippen LogP contribution in [0.4, 0.5) is 5.69 Å². The van der Waals surface area contributed by atoms with Gasteiger partial charge in [0.15, 0.2) is 0 Å². The van der Waals surface area contributed by atoms with E-state index in [1.54, 1.807) is 24.3 Å². The van der Waals surface area contributed by atoms with E-state index in [-0.39, 0.29) is 11.9 Å². The molecule has 0 aliphatic rings. The van der Waals surface area contributed by atoms with Crippen LogP contribution in [0, 0.1) is 0 Å². The summed E-state index contributed by atoms with van der Waals surface area (Å²) in [6.45, 7) is 3.01. The Morgan fingerprint density at radius 2 is 2.19 bits per heavy atom. The van der Waals surface area contributed by atoms with E-state index in [1.165, 1.54) is 11.8 Å². The second-order valence-corrected chi connectivity index (χ2v) is 5.56. The van der Waals surface area contributed by atoms with Crippen molar-refractivity contribution in [2.75, 3.05) is 30.0 Å². The topological polar surface area (TPSA) is 81.4 Å². The van der Waals surface area contributed by atoms with Crippen molar-refractivity contribution in [3.05, 3.63) is 29.8 Å². The lowest BCUT2D eigenvalue weighted by Crippen LogP contribution is -2.16. The Labute approximate surface area is 129 Å². The van der Waals surface area contributed by atoms with E-state index in [2.05, 4.69) is 5.32 Å². The van der Waals surface area contributed by atoms with Crippen molar-refractivity contribution in [3.63, 3.8) is 0 Å². The minimum absolute atomic E-state index is 0.107. The molecule has 0 atom stereocenters. The van der Waals surface area contributed by atoms with Crippen molar-refractivity contribution in [1.82, 2.24) is 0 Å². The third-order valence-corrected chi connectivity index (χ3v) is 3.60. The SMILES string of the molecule is CCCCOC(=O)c1cccc(NC(=O)CSCCN)c1. The Balaban J connectivity index is 2.51. The van der Waals surface area contributed by atoms with Gasteiger partial charge in [0.2, 0.25) is 5.91 Å². The molecule has 6 heteroatoms. The minimum Gasteiger partial charge on any atom is -0.462 e. The van der Waals surface area contributed by atoms with E-state index in [0.29, 0.717) is 30.2 Å². The zero-order chi connectivity index (χ0) is 15.5. The van der Waals surface area contributed by atoms with Gasteiger partial charge in [0.1, 0.15) is 0 Å². The highest BCUT2D eigenvalue weighted by Crippen LogP contribution is 2.12. The number of unbranched alkanes of at least 4 members (excludes halogenated alkanes) is 1. The number of nitrogens with two attached hydrogens (primary N) is 1. The number of hydrogen-bond donors (Lipinski definition) is 2. The third kappa shape index (κ3) is 7.15. The van der Waals surface area contributed by atoms with E-state index in [9.17, 15) is 9.59 Å². The molecule has 116 valence electrons. The highest BCUT2D eigenvalue weighted by Gasteiger charge is 2.09. The normalized spacial score (nSPS) is 10.2. The summed E-state index contributed by atoms with van der Waals surface area (Å²) in [6, 6.07) is 6.76. The fourth-order valence-corrected chi connectivity index (χ4v) is 2.13. The molecule has 5 nitrogen and oxygen atoms in total. The number of amides is 1. The predicted molar refractivity (Wildman–Crippen MR) is 86.6 cm³/mol. The molecule has 0 radical (unpaired) electrons. The highest BCUT2D eigenvalue weighted by atomic mass is 32.2. The predicted octanol–water partition coefficient (Wildman–Crippen LogP) is 2.27. The number of thioether (sulfide) groups is 1. The molecule has 1 amide bonds. The number of esters is 1. The lowest BCUT2D eigenvalue weighted by Gasteiger charge is -2.07. The first kappa shape index (κ1) is 17.5. The molecule has 0 fully saturated rings. The number of carbonyl (C=O) groups excluding carboxylic acids is 2. The summed E-state index contributed by atoms with van der Waals surface area (Å²) >= 11 is 1.48. The lowest BCUT2D eigenvalue weighted by atomic mass is 10.2. The fraction of sp³-hybridized carbons (Fsp3) is 0.467. The lowest BCUT2D eigenvalue weighted by molar-refractivity contribution is -0.113. The van der Waals surface area contributed by atoms with Gasteiger partial charge in [-0.3, -0.25) is 4.79 Å². The monoisotopic (exact) mass is 310 g/mol. The summed E-state index contributed by atoms with van der Waals surface area (Å²) in [4.78, 5) is 23.5. The van der Waals surface area contributed by atoms with Crippen molar-refractivity contribution in [2.45, 2.75) is 19.8 Å². The Morgan fingerprint density at radius 1 is 1.38 bits per heavy atom. The molecule has 0 bridgehead atoms. The highest BCUT2D eigenvalue weighted by molar-refractivity contribution is 7.99. The van der Waals surface area contributed by atoms with Crippen molar-refractivity contribution in [2.24, 2.45) is 5.73 Å². The van der Waals surface area contributed by atoms with Gasteiger partial charge in [-0.25, -0.2) is 4.79 Å². The van der Waals surface area contributed by atoms with Gasteiger partial charge < -0.3 is 15.8 Å². The Kier molecular flexibility index (Phi) is 8.54. The molecule has 1 aromatic carbocycles. The van der Waals surface area contributed by atoms with E-state index < -0.39 is 0 Å². The smallest absolute Gasteiger partial charge is 0.338 e. The van der Waals surface area contributed by atoms with Gasteiger partial charge in [-0.1, -0.05) is 19.4 Å². The van der Waals surface area contributed by atoms with Crippen LogP contribution in [0.15, 0.2) is 24.3 Å². The molecule has 0 heterocycles. The zero-order valence-corrected chi connectivity index (χ0v) is 13.1. The molecular weight excluding hydrogens is 288 g/mol. The third-order valence-electron chi connectivity index (χ3n) is 2.61. The van der Waals surface area contributed by atoms with Gasteiger partial charge in [-0.05, 0) is 24.6 Å². The first-order valence-corrected chi connectivity index (χ1v) is 8.17. The van der Waals surface area contributed by atoms with Crippen LogP contribution in [-0.4, -0.2) is 36.5 Å². The van der Waals surface area contributed by atoms with Gasteiger partial charge in [0.25, 0.3) is 0 Å². The van der Waals surface area contributed by atoms with E-state index >= 15 is 0 Å². The number of carbonyl (C=O) groups is 2. The van der Waals surface area contributed by atoms with E-state index in [1.807, 2.05) is 6.92 Å². The Bertz CT molecular complexity index is 466. The molecule has 1 rings (SSSR count). The van der Waals surface area contributed by atoms with Gasteiger partial charge >= 0.3 is 5.97 Å². The molecule has 0 saturated heterocycles. The number of rotatable bonds is 9. The molecule has 0 aromatic heterocycles. The minimum atomic E-state index is -0.364. The van der Waals surface area contributed by atoms with Crippen LogP contribution in [0.3, 0.4) is 0 Å². The quantitative estimate of drug-likeness (QED) is 0.540. The van der Waals surface area contributed by atoms with Crippen LogP contribution >= 0.6 is 11.8 Å². The van der Waals surface area contributed by atoms with Crippen LogP contribution in [0.2, 0.25) is 0 Å². The van der Waals surface area contributed by atoms with Gasteiger partial charge in [0.05, 0.1) is 17.9 Å². The maximum atomic E-state index is 11.8. The second kappa shape index (κ2) is 10.2. The van der Waals surface area contributed by atoms with Crippen LogP contribution in [0.1, 0.15) is 30.1 Å². The van der Waals surface area contributed by atoms with Crippen molar-refractivity contribution in [3.8, 4) is 0 Å². The van der Waals surface area contributed by atoms with E-state index in [0.717, 1.165) is 18.6 Å². The fourth-order valence-electron chi connectivity index (χ4n) is 1.56. The standard InChI is InChI=1S/C15H22N2O3S/c1-2-3-8-20-15(19)12-5-4-6-13(10-12)17-14(18)11-21-9-7-16/h4-6,10H,2-3,7-9,11,16H2,1H3,(H,17,18). The van der Waals surface area contributed by atoms with Crippen molar-refractivity contribution in [1.29, 1.82) is 0 Å². The molecule has 21 heavy (non-hydrogen) atoms. The molecule has 0 aliphatic carbocycles.